The van der Waals surface area contributed by atoms with Crippen molar-refractivity contribution in [3.8, 4) is 0 Å². The second kappa shape index (κ2) is 9.60. The SMILES string of the molecule is COCc1cccc(C(=O)NC[C@@H](c2cccc(F)c2)N2CCOCC2)c1. The molecule has 0 bridgehead atoms. The van der Waals surface area contributed by atoms with Crippen molar-refractivity contribution in [2.24, 2.45) is 0 Å². The topological polar surface area (TPSA) is 50.8 Å². The largest absolute Gasteiger partial charge is 0.380 e. The van der Waals surface area contributed by atoms with Crippen molar-refractivity contribution in [3.05, 3.63) is 71.0 Å². The Balaban J connectivity index is 1.72. The van der Waals surface area contributed by atoms with E-state index in [1.165, 1.54) is 12.1 Å². The number of hydrogen-bond donors (Lipinski definition) is 1. The lowest BCUT2D eigenvalue weighted by atomic mass is 10.0. The highest BCUT2D eigenvalue weighted by Crippen LogP contribution is 2.22. The maximum absolute atomic E-state index is 13.7. The van der Waals surface area contributed by atoms with Crippen LogP contribution < -0.4 is 5.32 Å². The molecule has 1 atom stereocenters. The van der Waals surface area contributed by atoms with Crippen molar-refractivity contribution < 1.29 is 18.7 Å². The van der Waals surface area contributed by atoms with Gasteiger partial charge in [0.15, 0.2) is 0 Å². The summed E-state index contributed by atoms with van der Waals surface area (Å²) in [6.07, 6.45) is 0. The van der Waals surface area contributed by atoms with Crippen LogP contribution in [-0.2, 0) is 16.1 Å². The molecule has 2 aromatic carbocycles. The van der Waals surface area contributed by atoms with Crippen molar-refractivity contribution in [1.29, 1.82) is 0 Å². The number of amides is 1. The van der Waals surface area contributed by atoms with Crippen molar-refractivity contribution in [1.82, 2.24) is 10.2 Å². The summed E-state index contributed by atoms with van der Waals surface area (Å²) in [7, 11) is 1.62. The second-order valence-corrected chi connectivity index (χ2v) is 6.56. The van der Waals surface area contributed by atoms with Crippen LogP contribution in [0.5, 0.6) is 0 Å². The Morgan fingerprint density at radius 3 is 2.74 bits per heavy atom. The minimum Gasteiger partial charge on any atom is -0.380 e. The first-order chi connectivity index (χ1) is 13.2. The molecule has 0 spiro atoms. The summed E-state index contributed by atoms with van der Waals surface area (Å²) >= 11 is 0. The molecule has 1 heterocycles. The van der Waals surface area contributed by atoms with Gasteiger partial charge >= 0.3 is 0 Å². The van der Waals surface area contributed by atoms with Gasteiger partial charge in [0.25, 0.3) is 5.91 Å². The highest BCUT2D eigenvalue weighted by Gasteiger charge is 2.23. The number of carbonyl (C=O) groups excluding carboxylic acids is 1. The quantitative estimate of drug-likeness (QED) is 0.812. The van der Waals surface area contributed by atoms with E-state index < -0.39 is 0 Å². The Hall–Kier alpha value is -2.28. The normalized spacial score (nSPS) is 16.1. The van der Waals surface area contributed by atoms with E-state index in [4.69, 9.17) is 9.47 Å². The summed E-state index contributed by atoms with van der Waals surface area (Å²) in [5.41, 5.74) is 2.38. The summed E-state index contributed by atoms with van der Waals surface area (Å²) in [6.45, 7) is 3.63. The first kappa shape index (κ1) is 19.5. The molecule has 5 nitrogen and oxygen atoms in total. The summed E-state index contributed by atoms with van der Waals surface area (Å²) in [5, 5.41) is 3.00. The van der Waals surface area contributed by atoms with Gasteiger partial charge in [-0.2, -0.15) is 0 Å². The van der Waals surface area contributed by atoms with Gasteiger partial charge in [-0.3, -0.25) is 9.69 Å². The number of nitrogens with one attached hydrogen (secondary N) is 1. The van der Waals surface area contributed by atoms with E-state index in [2.05, 4.69) is 10.2 Å². The molecule has 2 aromatic rings. The number of benzene rings is 2. The average Bonchev–Trinajstić information content (AvgIpc) is 2.69. The first-order valence-corrected chi connectivity index (χ1v) is 9.10. The predicted octanol–water partition coefficient (Wildman–Crippen LogP) is 2.78. The lowest BCUT2D eigenvalue weighted by Crippen LogP contribution is -2.43. The van der Waals surface area contributed by atoms with Crippen molar-refractivity contribution in [2.75, 3.05) is 40.0 Å². The predicted molar refractivity (Wildman–Crippen MR) is 101 cm³/mol. The molecule has 144 valence electrons. The van der Waals surface area contributed by atoms with Gasteiger partial charge in [-0.25, -0.2) is 4.39 Å². The zero-order chi connectivity index (χ0) is 19.1. The summed E-state index contributed by atoms with van der Waals surface area (Å²) < 4.78 is 24.3. The highest BCUT2D eigenvalue weighted by atomic mass is 19.1. The van der Waals surface area contributed by atoms with Gasteiger partial charge in [0, 0.05) is 32.3 Å². The number of nitrogens with zero attached hydrogens (tertiary/aromatic N) is 1. The molecule has 0 saturated carbocycles. The minimum absolute atomic E-state index is 0.101. The van der Waals surface area contributed by atoms with E-state index in [1.807, 2.05) is 24.3 Å². The second-order valence-electron chi connectivity index (χ2n) is 6.56. The van der Waals surface area contributed by atoms with E-state index in [9.17, 15) is 9.18 Å². The van der Waals surface area contributed by atoms with E-state index in [1.54, 1.807) is 19.2 Å². The molecule has 1 fully saturated rings. The summed E-state index contributed by atoms with van der Waals surface area (Å²) in [5.74, 6) is -0.424. The Kier molecular flexibility index (Phi) is 6.92. The number of carbonyl (C=O) groups is 1. The van der Waals surface area contributed by atoms with Crippen LogP contribution in [0, 0.1) is 5.82 Å². The van der Waals surface area contributed by atoms with Gasteiger partial charge in [0.1, 0.15) is 5.82 Å². The van der Waals surface area contributed by atoms with E-state index in [0.29, 0.717) is 31.9 Å². The van der Waals surface area contributed by atoms with Crippen molar-refractivity contribution in [3.63, 3.8) is 0 Å². The van der Waals surface area contributed by atoms with E-state index in [0.717, 1.165) is 24.2 Å². The molecule has 1 N–H and O–H groups in total. The van der Waals surface area contributed by atoms with E-state index >= 15 is 0 Å². The van der Waals surface area contributed by atoms with Crippen LogP contribution in [0.1, 0.15) is 27.5 Å². The van der Waals surface area contributed by atoms with E-state index in [-0.39, 0.29) is 17.8 Å². The van der Waals surface area contributed by atoms with Crippen LogP contribution >= 0.6 is 0 Å². The molecule has 0 aromatic heterocycles. The Bertz CT molecular complexity index is 763. The van der Waals surface area contributed by atoms with Crippen LogP contribution in [-0.4, -0.2) is 50.8 Å². The molecule has 1 amide bonds. The maximum Gasteiger partial charge on any atom is 0.251 e. The number of methoxy groups -OCH3 is 1. The maximum atomic E-state index is 13.7. The standard InChI is InChI=1S/C21H25FN2O3/c1-26-15-16-4-2-6-18(12-16)21(25)23-14-20(24-8-10-27-11-9-24)17-5-3-7-19(22)13-17/h2-7,12-13,20H,8-11,14-15H2,1H3,(H,23,25)/t20-/m0/s1. The molecule has 0 unspecified atom stereocenters. The summed E-state index contributed by atoms with van der Waals surface area (Å²) in [4.78, 5) is 14.8. The molecule has 0 aliphatic carbocycles. The molecular formula is C21H25FN2O3. The zero-order valence-corrected chi connectivity index (χ0v) is 15.5. The first-order valence-electron chi connectivity index (χ1n) is 9.10. The van der Waals surface area contributed by atoms with Gasteiger partial charge < -0.3 is 14.8 Å². The molecular weight excluding hydrogens is 347 g/mol. The number of rotatable bonds is 7. The lowest BCUT2D eigenvalue weighted by Gasteiger charge is -2.35. The van der Waals surface area contributed by atoms with Crippen LogP contribution in [0.4, 0.5) is 4.39 Å². The van der Waals surface area contributed by atoms with Gasteiger partial charge in [0.05, 0.1) is 25.9 Å². The van der Waals surface area contributed by atoms with Gasteiger partial charge in [-0.15, -0.1) is 0 Å². The van der Waals surface area contributed by atoms with Gasteiger partial charge in [-0.1, -0.05) is 24.3 Å². The molecule has 0 radical (unpaired) electrons. The highest BCUT2D eigenvalue weighted by molar-refractivity contribution is 5.94. The number of morpholine rings is 1. The molecule has 3 rings (SSSR count). The average molecular weight is 372 g/mol. The molecule has 6 heteroatoms. The lowest BCUT2D eigenvalue weighted by molar-refractivity contribution is 0.0162. The molecule has 1 aliphatic rings. The third-order valence-electron chi connectivity index (χ3n) is 4.68. The molecule has 27 heavy (non-hydrogen) atoms. The molecule has 1 saturated heterocycles. The number of halogens is 1. The van der Waals surface area contributed by atoms with Gasteiger partial charge in [0.2, 0.25) is 0 Å². The summed E-state index contributed by atoms with van der Waals surface area (Å²) in [6, 6.07) is 13.8. The fraction of sp³-hybridized carbons (Fsp3) is 0.381. The Morgan fingerprint density at radius 1 is 1.22 bits per heavy atom. The van der Waals surface area contributed by atoms with Crippen LogP contribution in [0.25, 0.3) is 0 Å². The zero-order valence-electron chi connectivity index (χ0n) is 15.5. The molecule has 1 aliphatic heterocycles. The number of hydrogen-bond acceptors (Lipinski definition) is 4. The van der Waals surface area contributed by atoms with Crippen LogP contribution in [0.3, 0.4) is 0 Å². The minimum atomic E-state index is -0.274. The fourth-order valence-corrected chi connectivity index (χ4v) is 3.32. The van der Waals surface area contributed by atoms with Crippen molar-refractivity contribution in [2.45, 2.75) is 12.6 Å². The van der Waals surface area contributed by atoms with Crippen LogP contribution in [0.15, 0.2) is 48.5 Å². The van der Waals surface area contributed by atoms with Gasteiger partial charge in [-0.05, 0) is 35.4 Å². The number of ether oxygens (including phenoxy) is 2. The third kappa shape index (κ3) is 5.35. The van der Waals surface area contributed by atoms with Crippen LogP contribution in [0.2, 0.25) is 0 Å². The monoisotopic (exact) mass is 372 g/mol. The van der Waals surface area contributed by atoms with Crippen molar-refractivity contribution >= 4 is 5.91 Å². The Labute approximate surface area is 159 Å². The Morgan fingerprint density at radius 2 is 2.00 bits per heavy atom. The fourth-order valence-electron chi connectivity index (χ4n) is 3.32. The third-order valence-corrected chi connectivity index (χ3v) is 4.68. The smallest absolute Gasteiger partial charge is 0.251 e.